The number of fused-ring (bicyclic) bond motifs is 1. The Morgan fingerprint density at radius 3 is 2.57 bits per heavy atom. The standard InChI is InChI=1S/C33H31N3O7S/c1-4-42-32(40)29-20(2)35-33-36(30(29)23-14-15-24(37)26(16-23)41-3)31(39)27(44-33)17-22-12-8-9-13-25(22)43-19-28(38)34-18-21-10-6-5-7-11-21/h5-17,30,37H,4,18-19H2,1-3H3,(H,34,38). The number of hydrogen-bond donors (Lipinski definition) is 2. The van der Waals surface area contributed by atoms with Crippen molar-refractivity contribution in [2.45, 2.75) is 26.4 Å². The maximum atomic E-state index is 14.0. The van der Waals surface area contributed by atoms with Crippen LogP contribution in [0.3, 0.4) is 0 Å². The molecule has 10 nitrogen and oxygen atoms in total. The molecule has 1 aliphatic heterocycles. The van der Waals surface area contributed by atoms with Crippen molar-refractivity contribution >= 4 is 29.3 Å². The van der Waals surface area contributed by atoms with Gasteiger partial charge in [0.05, 0.1) is 35.6 Å². The van der Waals surface area contributed by atoms with Crippen LogP contribution >= 0.6 is 11.3 Å². The Bertz CT molecular complexity index is 1910. The van der Waals surface area contributed by atoms with E-state index < -0.39 is 12.0 Å². The number of phenolic OH excluding ortho intramolecular Hbond substituents is 1. The summed E-state index contributed by atoms with van der Waals surface area (Å²) in [5, 5.41) is 13.0. The number of benzene rings is 3. The molecule has 1 amide bonds. The normalized spacial score (nSPS) is 14.4. The average molecular weight is 614 g/mol. The van der Waals surface area contributed by atoms with Gasteiger partial charge in [-0.05, 0) is 49.2 Å². The topological polar surface area (TPSA) is 128 Å². The summed E-state index contributed by atoms with van der Waals surface area (Å²) in [5.74, 6) is -0.330. The van der Waals surface area contributed by atoms with E-state index in [1.165, 1.54) is 17.7 Å². The minimum atomic E-state index is -0.873. The predicted octanol–water partition coefficient (Wildman–Crippen LogP) is 3.21. The molecule has 0 saturated carbocycles. The van der Waals surface area contributed by atoms with Gasteiger partial charge in [0.25, 0.3) is 11.5 Å². The Morgan fingerprint density at radius 1 is 1.07 bits per heavy atom. The van der Waals surface area contributed by atoms with Gasteiger partial charge in [0.2, 0.25) is 0 Å². The number of methoxy groups -OCH3 is 1. The van der Waals surface area contributed by atoms with E-state index in [0.717, 1.165) is 16.9 Å². The molecule has 2 heterocycles. The lowest BCUT2D eigenvalue weighted by atomic mass is 9.95. The Morgan fingerprint density at radius 2 is 1.82 bits per heavy atom. The van der Waals surface area contributed by atoms with Crippen molar-refractivity contribution in [2.24, 2.45) is 4.99 Å². The molecule has 5 rings (SSSR count). The molecule has 1 aliphatic rings. The summed E-state index contributed by atoms with van der Waals surface area (Å²) in [6, 6.07) is 20.4. The molecule has 0 fully saturated rings. The minimum absolute atomic E-state index is 0.0765. The summed E-state index contributed by atoms with van der Waals surface area (Å²) in [6.45, 7) is 3.72. The zero-order chi connectivity index (χ0) is 31.2. The fourth-order valence-corrected chi connectivity index (χ4v) is 5.87. The lowest BCUT2D eigenvalue weighted by Crippen LogP contribution is -2.40. The number of nitrogens with zero attached hydrogens (tertiary/aromatic N) is 2. The highest BCUT2D eigenvalue weighted by Crippen LogP contribution is 2.35. The number of para-hydroxylation sites is 1. The molecule has 1 aromatic heterocycles. The van der Waals surface area contributed by atoms with E-state index in [0.29, 0.717) is 38.5 Å². The van der Waals surface area contributed by atoms with Gasteiger partial charge in [-0.2, -0.15) is 0 Å². The number of phenols is 1. The van der Waals surface area contributed by atoms with Crippen LogP contribution in [0.1, 0.15) is 36.6 Å². The summed E-state index contributed by atoms with van der Waals surface area (Å²) < 4.78 is 18.3. The van der Waals surface area contributed by atoms with Crippen LogP contribution in [-0.4, -0.2) is 41.9 Å². The number of aromatic hydroxyl groups is 1. The van der Waals surface area contributed by atoms with Crippen LogP contribution in [0.5, 0.6) is 17.2 Å². The highest BCUT2D eigenvalue weighted by Gasteiger charge is 2.34. The molecule has 1 unspecified atom stereocenters. The summed E-state index contributed by atoms with van der Waals surface area (Å²) in [7, 11) is 1.42. The second-order valence-electron chi connectivity index (χ2n) is 9.82. The maximum absolute atomic E-state index is 14.0. The third-order valence-corrected chi connectivity index (χ3v) is 7.92. The van der Waals surface area contributed by atoms with Crippen LogP contribution < -0.4 is 29.7 Å². The minimum Gasteiger partial charge on any atom is -0.504 e. The van der Waals surface area contributed by atoms with Crippen molar-refractivity contribution in [2.75, 3.05) is 20.3 Å². The Kier molecular flexibility index (Phi) is 9.25. The van der Waals surface area contributed by atoms with Crippen molar-refractivity contribution < 1.29 is 28.9 Å². The van der Waals surface area contributed by atoms with Gasteiger partial charge in [-0.15, -0.1) is 0 Å². The molecule has 0 bridgehead atoms. The summed E-state index contributed by atoms with van der Waals surface area (Å²) in [4.78, 5) is 44.6. The molecule has 1 atom stereocenters. The fourth-order valence-electron chi connectivity index (χ4n) is 4.83. The second kappa shape index (κ2) is 13.4. The van der Waals surface area contributed by atoms with Gasteiger partial charge >= 0.3 is 5.97 Å². The van der Waals surface area contributed by atoms with E-state index >= 15 is 0 Å². The summed E-state index contributed by atoms with van der Waals surface area (Å²) in [5.41, 5.74) is 2.35. The first-order valence-corrected chi connectivity index (χ1v) is 14.7. The van der Waals surface area contributed by atoms with Gasteiger partial charge in [0.1, 0.15) is 5.75 Å². The first kappa shape index (κ1) is 30.3. The first-order chi connectivity index (χ1) is 21.3. The number of allylic oxidation sites excluding steroid dienone is 1. The first-order valence-electron chi connectivity index (χ1n) is 13.9. The van der Waals surface area contributed by atoms with Crippen LogP contribution in [0, 0.1) is 0 Å². The van der Waals surface area contributed by atoms with Crippen LogP contribution in [-0.2, 0) is 20.9 Å². The Hall–Kier alpha value is -5.16. The Balaban J connectivity index is 1.50. The number of esters is 1. The summed E-state index contributed by atoms with van der Waals surface area (Å²) in [6.07, 6.45) is 1.68. The molecule has 0 saturated heterocycles. The van der Waals surface area contributed by atoms with E-state index in [9.17, 15) is 19.5 Å². The second-order valence-corrected chi connectivity index (χ2v) is 10.8. The van der Waals surface area contributed by atoms with Crippen molar-refractivity contribution in [3.63, 3.8) is 0 Å². The van der Waals surface area contributed by atoms with Crippen LogP contribution in [0.4, 0.5) is 0 Å². The smallest absolute Gasteiger partial charge is 0.338 e. The lowest BCUT2D eigenvalue weighted by molar-refractivity contribution is -0.139. The molecule has 226 valence electrons. The SMILES string of the molecule is CCOC(=O)C1=C(C)N=c2sc(=Cc3ccccc3OCC(=O)NCc3ccccc3)c(=O)n2C1c1ccc(O)c(OC)c1. The zero-order valence-electron chi connectivity index (χ0n) is 24.4. The Labute approximate surface area is 257 Å². The van der Waals surface area contributed by atoms with Gasteiger partial charge in [0.15, 0.2) is 22.9 Å². The number of hydrogen-bond acceptors (Lipinski definition) is 9. The number of rotatable bonds is 10. The number of carbonyl (C=O) groups is 2. The van der Waals surface area contributed by atoms with E-state index in [1.807, 2.05) is 30.3 Å². The van der Waals surface area contributed by atoms with E-state index in [4.69, 9.17) is 14.2 Å². The van der Waals surface area contributed by atoms with Gasteiger partial charge in [0, 0.05) is 12.1 Å². The quantitative estimate of drug-likeness (QED) is 0.263. The fraction of sp³-hybridized carbons (Fsp3) is 0.212. The molecule has 0 aliphatic carbocycles. The van der Waals surface area contributed by atoms with E-state index in [-0.39, 0.29) is 41.8 Å². The van der Waals surface area contributed by atoms with Gasteiger partial charge < -0.3 is 24.6 Å². The number of nitrogens with one attached hydrogen (secondary N) is 1. The molecule has 0 spiro atoms. The monoisotopic (exact) mass is 613 g/mol. The number of amides is 1. The molecular formula is C33H31N3O7S. The highest BCUT2D eigenvalue weighted by atomic mass is 32.1. The lowest BCUT2D eigenvalue weighted by Gasteiger charge is -2.25. The number of aromatic nitrogens is 1. The number of thiazole rings is 1. The summed E-state index contributed by atoms with van der Waals surface area (Å²) >= 11 is 1.16. The van der Waals surface area contributed by atoms with Crippen molar-refractivity contribution in [1.29, 1.82) is 0 Å². The molecule has 3 aromatic carbocycles. The van der Waals surface area contributed by atoms with Crippen LogP contribution in [0.15, 0.2) is 93.9 Å². The molecule has 2 N–H and O–H groups in total. The van der Waals surface area contributed by atoms with Crippen LogP contribution in [0.25, 0.3) is 6.08 Å². The van der Waals surface area contributed by atoms with E-state index in [1.54, 1.807) is 56.3 Å². The zero-order valence-corrected chi connectivity index (χ0v) is 25.2. The van der Waals surface area contributed by atoms with Gasteiger partial charge in [-0.25, -0.2) is 9.79 Å². The largest absolute Gasteiger partial charge is 0.504 e. The molecular weight excluding hydrogens is 582 g/mol. The third-order valence-electron chi connectivity index (χ3n) is 6.93. The average Bonchev–Trinajstić information content (AvgIpc) is 3.33. The molecule has 44 heavy (non-hydrogen) atoms. The van der Waals surface area contributed by atoms with E-state index in [2.05, 4.69) is 10.3 Å². The van der Waals surface area contributed by atoms with Crippen molar-refractivity contribution in [3.05, 3.63) is 120 Å². The molecule has 11 heteroatoms. The third kappa shape index (κ3) is 6.42. The van der Waals surface area contributed by atoms with Crippen molar-refractivity contribution in [3.8, 4) is 17.2 Å². The van der Waals surface area contributed by atoms with Gasteiger partial charge in [-0.3, -0.25) is 14.2 Å². The van der Waals surface area contributed by atoms with Crippen LogP contribution in [0.2, 0.25) is 0 Å². The van der Waals surface area contributed by atoms with Gasteiger partial charge in [-0.1, -0.05) is 65.9 Å². The predicted molar refractivity (Wildman–Crippen MR) is 165 cm³/mol. The number of carbonyl (C=O) groups excluding carboxylic acids is 2. The molecule has 0 radical (unpaired) electrons. The highest BCUT2D eigenvalue weighted by molar-refractivity contribution is 7.07. The van der Waals surface area contributed by atoms with Crippen molar-refractivity contribution in [1.82, 2.24) is 9.88 Å². The molecule has 4 aromatic rings. The number of ether oxygens (including phenoxy) is 3. The maximum Gasteiger partial charge on any atom is 0.338 e.